The summed E-state index contributed by atoms with van der Waals surface area (Å²) in [5, 5.41) is 0. The predicted molar refractivity (Wildman–Crippen MR) is 41.7 cm³/mol. The number of rotatable bonds is 1. The van der Waals surface area contributed by atoms with Gasteiger partial charge in [-0.3, -0.25) is 0 Å². The number of allylic oxidation sites excluding steroid dienone is 4. The van der Waals surface area contributed by atoms with E-state index in [4.69, 9.17) is 0 Å². The Morgan fingerprint density at radius 2 is 1.31 bits per heavy atom. The van der Waals surface area contributed by atoms with E-state index in [0.717, 1.165) is 4.22 Å². The maximum atomic E-state index is 2.34. The summed E-state index contributed by atoms with van der Waals surface area (Å²) in [6.45, 7) is 7.02. The molecule has 0 atom stereocenters. The molecule has 0 aliphatic heterocycles. The Morgan fingerprint density at radius 1 is 0.923 bits per heavy atom. The first-order valence-electron chi connectivity index (χ1n) is 3.71. The van der Waals surface area contributed by atoms with Crippen molar-refractivity contribution in [3.8, 4) is 0 Å². The van der Waals surface area contributed by atoms with Crippen LogP contribution in [0.2, 0.25) is 7.94 Å². The first-order valence-corrected chi connectivity index (χ1v) is 5.39. The van der Waals surface area contributed by atoms with Crippen LogP contribution in [-0.4, -0.2) is 0 Å². The van der Waals surface area contributed by atoms with Crippen molar-refractivity contribution in [2.45, 2.75) is 28.7 Å². The zero-order valence-electron chi connectivity index (χ0n) is 8.02. The molecule has 4 heteroatoms. The van der Waals surface area contributed by atoms with E-state index < -0.39 is 0 Å². The third-order valence-corrected chi connectivity index (χ3v) is 3.82. The largest absolute Gasteiger partial charge is 1.00 e. The van der Waals surface area contributed by atoms with E-state index in [9.17, 15) is 0 Å². The maximum Gasteiger partial charge on any atom is -1.00 e. The average Bonchev–Trinajstić information content (AvgIpc) is 2.12. The quantitative estimate of drug-likeness (QED) is 0.419. The topological polar surface area (TPSA) is 0 Å². The average molecular weight is 276 g/mol. The second kappa shape index (κ2) is 8.38. The van der Waals surface area contributed by atoms with Crippen LogP contribution in [0.5, 0.6) is 0 Å². The summed E-state index contributed by atoms with van der Waals surface area (Å²) in [6, 6.07) is 0. The minimum absolute atomic E-state index is 0. The second-order valence-corrected chi connectivity index (χ2v) is 7.52. The summed E-state index contributed by atoms with van der Waals surface area (Å²) >= 11 is 0.174. The van der Waals surface area contributed by atoms with Crippen LogP contribution in [0.1, 0.15) is 20.8 Å². The van der Waals surface area contributed by atoms with Gasteiger partial charge in [-0.25, -0.2) is 0 Å². The number of hydrogen-bond acceptors (Lipinski definition) is 0. The van der Waals surface area contributed by atoms with E-state index in [0.29, 0.717) is 3.72 Å². The third-order valence-electron chi connectivity index (χ3n) is 1.35. The fraction of sp³-hybridized carbons (Fsp3) is 0.556. The van der Waals surface area contributed by atoms with Gasteiger partial charge in [0.25, 0.3) is 0 Å². The molecule has 0 amide bonds. The van der Waals surface area contributed by atoms with Gasteiger partial charge < -0.3 is 37.2 Å². The Kier molecular flexibility index (Phi) is 12.6. The van der Waals surface area contributed by atoms with Crippen LogP contribution in [-0.2, 0) is 19.2 Å². The normalized spacial score (nSPS) is 13.8. The van der Waals surface area contributed by atoms with Crippen molar-refractivity contribution >= 4 is 0 Å². The Hall–Kier alpha value is 1.06. The van der Waals surface area contributed by atoms with Crippen molar-refractivity contribution in [1.29, 1.82) is 0 Å². The molecule has 75 valence electrons. The summed E-state index contributed by atoms with van der Waals surface area (Å²) in [5.74, 6) is 0. The van der Waals surface area contributed by atoms with E-state index in [-0.39, 0.29) is 56.4 Å². The van der Waals surface area contributed by atoms with E-state index >= 15 is 0 Å². The van der Waals surface area contributed by atoms with Crippen LogP contribution in [0.15, 0.2) is 24.3 Å². The molecule has 1 aliphatic rings. The SMILES string of the molecule is C[C](C)(C)[Ti+3][CH]1C=CC=C1.[Cl-].[Cl-].[Cl-]. The smallest absolute Gasteiger partial charge is 1.00 e. The van der Waals surface area contributed by atoms with Gasteiger partial charge >= 0.3 is 72.2 Å². The Morgan fingerprint density at radius 3 is 1.62 bits per heavy atom. The second-order valence-electron chi connectivity index (χ2n) is 3.69. The van der Waals surface area contributed by atoms with E-state index in [1.165, 1.54) is 0 Å². The molecule has 0 aromatic heterocycles. The molecular formula is C9H14Cl3Ti. The Labute approximate surface area is 109 Å². The molecule has 1 rings (SSSR count). The van der Waals surface area contributed by atoms with Crippen molar-refractivity contribution in [2.24, 2.45) is 0 Å². The molecule has 0 radical (unpaired) electrons. The summed E-state index contributed by atoms with van der Waals surface area (Å²) in [7, 11) is 0. The minimum atomic E-state index is 0. The van der Waals surface area contributed by atoms with Crippen molar-refractivity contribution in [3.63, 3.8) is 0 Å². The van der Waals surface area contributed by atoms with Crippen LogP contribution in [0.3, 0.4) is 0 Å². The van der Waals surface area contributed by atoms with Crippen molar-refractivity contribution in [1.82, 2.24) is 0 Å². The molecule has 0 nitrogen and oxygen atoms in total. The fourth-order valence-corrected chi connectivity index (χ4v) is 3.24. The third kappa shape index (κ3) is 9.37. The van der Waals surface area contributed by atoms with Crippen molar-refractivity contribution in [3.05, 3.63) is 24.3 Å². The van der Waals surface area contributed by atoms with Crippen molar-refractivity contribution < 1.29 is 56.4 Å². The standard InChI is InChI=1S/C5H5.C4H9.3ClH.Ti/c1-2-4-5-3-1;1-4(2)3;;;;/h1-5H;1-3H3;3*1H;/q;;;;;+3/p-3. The van der Waals surface area contributed by atoms with Gasteiger partial charge in [-0.05, 0) is 0 Å². The van der Waals surface area contributed by atoms with Crippen LogP contribution in [0.25, 0.3) is 0 Å². The molecule has 0 aromatic carbocycles. The van der Waals surface area contributed by atoms with Gasteiger partial charge in [0, 0.05) is 0 Å². The summed E-state index contributed by atoms with van der Waals surface area (Å²) in [6.07, 6.45) is 8.98. The maximum absolute atomic E-state index is 2.34. The van der Waals surface area contributed by atoms with Gasteiger partial charge in [0.1, 0.15) is 0 Å². The van der Waals surface area contributed by atoms with Gasteiger partial charge in [-0.1, -0.05) is 0 Å². The fourth-order valence-electron chi connectivity index (χ4n) is 1.03. The van der Waals surface area contributed by atoms with Crippen LogP contribution < -0.4 is 37.2 Å². The van der Waals surface area contributed by atoms with Gasteiger partial charge in [0.2, 0.25) is 0 Å². The molecule has 0 spiro atoms. The molecule has 1 aliphatic carbocycles. The zero-order valence-corrected chi connectivity index (χ0v) is 11.8. The molecule has 0 aromatic rings. The zero-order chi connectivity index (χ0) is 7.61. The predicted octanol–water partition coefficient (Wildman–Crippen LogP) is -5.79. The molecule has 0 saturated carbocycles. The van der Waals surface area contributed by atoms with Gasteiger partial charge in [-0.2, -0.15) is 0 Å². The molecule has 0 fully saturated rings. The Bertz CT molecular complexity index is 158. The molecule has 13 heavy (non-hydrogen) atoms. The first-order chi connectivity index (χ1) is 4.58. The van der Waals surface area contributed by atoms with Gasteiger partial charge in [-0.15, -0.1) is 0 Å². The number of halogens is 3. The van der Waals surface area contributed by atoms with Crippen molar-refractivity contribution in [2.75, 3.05) is 0 Å². The summed E-state index contributed by atoms with van der Waals surface area (Å²) in [5.41, 5.74) is 0. The number of hydrogen-bond donors (Lipinski definition) is 0. The van der Waals surface area contributed by atoms with E-state index in [1.807, 2.05) is 0 Å². The minimum Gasteiger partial charge on any atom is -1.00 e. The van der Waals surface area contributed by atoms with E-state index in [2.05, 4.69) is 45.1 Å². The van der Waals surface area contributed by atoms with Crippen LogP contribution in [0.4, 0.5) is 0 Å². The molecule has 0 saturated heterocycles. The summed E-state index contributed by atoms with van der Waals surface area (Å²) in [4.78, 5) is 0. The summed E-state index contributed by atoms with van der Waals surface area (Å²) < 4.78 is 1.41. The molecule has 0 unspecified atom stereocenters. The molecular weight excluding hydrogens is 262 g/mol. The van der Waals surface area contributed by atoms with E-state index in [1.54, 1.807) is 0 Å². The van der Waals surface area contributed by atoms with Crippen LogP contribution >= 0.6 is 0 Å². The Balaban J connectivity index is -0.000000333. The first kappa shape index (κ1) is 19.6. The monoisotopic (exact) mass is 275 g/mol. The van der Waals surface area contributed by atoms with Gasteiger partial charge in [0.05, 0.1) is 0 Å². The molecule has 0 heterocycles. The van der Waals surface area contributed by atoms with Crippen LogP contribution in [0, 0.1) is 0 Å². The van der Waals surface area contributed by atoms with Gasteiger partial charge in [0.15, 0.2) is 0 Å². The molecule has 0 N–H and O–H groups in total. The molecule has 0 bridgehead atoms.